The molecule has 4 nitrogen and oxygen atoms in total. The van der Waals surface area contributed by atoms with E-state index < -0.39 is 0 Å². The molecule has 1 amide bonds. The SMILES string of the molecule is O=C1CCCNC(=O)CCNCC1. The van der Waals surface area contributed by atoms with E-state index in [0.717, 1.165) is 6.42 Å². The van der Waals surface area contributed by atoms with Gasteiger partial charge in [-0.05, 0) is 6.42 Å². The molecule has 13 heavy (non-hydrogen) atoms. The van der Waals surface area contributed by atoms with E-state index in [1.807, 2.05) is 0 Å². The highest BCUT2D eigenvalue weighted by Gasteiger charge is 2.05. The van der Waals surface area contributed by atoms with Gasteiger partial charge in [-0.1, -0.05) is 0 Å². The summed E-state index contributed by atoms with van der Waals surface area (Å²) >= 11 is 0. The number of hydrogen-bond acceptors (Lipinski definition) is 3. The Morgan fingerprint density at radius 2 is 1.69 bits per heavy atom. The fraction of sp³-hybridized carbons (Fsp3) is 0.778. The van der Waals surface area contributed by atoms with Crippen LogP contribution in [0, 0.1) is 0 Å². The summed E-state index contributed by atoms with van der Waals surface area (Å²) in [6.07, 6.45) is 2.45. The van der Waals surface area contributed by atoms with Gasteiger partial charge in [0.2, 0.25) is 5.91 Å². The summed E-state index contributed by atoms with van der Waals surface area (Å²) in [5.41, 5.74) is 0. The number of ketones is 1. The van der Waals surface area contributed by atoms with Gasteiger partial charge in [-0.2, -0.15) is 0 Å². The van der Waals surface area contributed by atoms with Gasteiger partial charge < -0.3 is 10.6 Å². The van der Waals surface area contributed by atoms with E-state index in [2.05, 4.69) is 10.6 Å². The largest absolute Gasteiger partial charge is 0.356 e. The van der Waals surface area contributed by atoms with Crippen LogP contribution in [0.3, 0.4) is 0 Å². The molecule has 1 heterocycles. The van der Waals surface area contributed by atoms with Crippen molar-refractivity contribution in [1.82, 2.24) is 10.6 Å². The molecule has 1 aliphatic rings. The van der Waals surface area contributed by atoms with E-state index in [1.165, 1.54) is 0 Å². The number of carbonyl (C=O) groups is 2. The maximum atomic E-state index is 11.1. The number of Topliss-reactive ketones (excluding diaryl/α,β-unsaturated/α-hetero) is 1. The molecule has 1 aliphatic heterocycles. The minimum absolute atomic E-state index is 0.0712. The zero-order valence-electron chi connectivity index (χ0n) is 7.77. The first-order valence-electron chi connectivity index (χ1n) is 4.78. The Labute approximate surface area is 78.1 Å². The topological polar surface area (TPSA) is 58.2 Å². The van der Waals surface area contributed by atoms with Crippen LogP contribution in [-0.2, 0) is 9.59 Å². The van der Waals surface area contributed by atoms with Crippen molar-refractivity contribution in [3.05, 3.63) is 0 Å². The molecular weight excluding hydrogens is 168 g/mol. The maximum absolute atomic E-state index is 11.1. The van der Waals surface area contributed by atoms with Crippen molar-refractivity contribution in [2.75, 3.05) is 19.6 Å². The number of nitrogens with one attached hydrogen (secondary N) is 2. The highest BCUT2D eigenvalue weighted by Crippen LogP contribution is 1.95. The Morgan fingerprint density at radius 1 is 0.923 bits per heavy atom. The molecule has 0 aliphatic carbocycles. The lowest BCUT2D eigenvalue weighted by Crippen LogP contribution is -2.28. The highest BCUT2D eigenvalue weighted by molar-refractivity contribution is 5.79. The third kappa shape index (κ3) is 4.62. The first-order chi connectivity index (χ1) is 6.29. The Kier molecular flexibility index (Phi) is 4.46. The standard InChI is InChI=1S/C9H16N2O2/c12-8-2-1-5-11-9(13)4-7-10-6-3-8/h10H,1-7H2,(H,11,13). The van der Waals surface area contributed by atoms with Gasteiger partial charge >= 0.3 is 0 Å². The van der Waals surface area contributed by atoms with Crippen molar-refractivity contribution < 1.29 is 9.59 Å². The van der Waals surface area contributed by atoms with E-state index in [-0.39, 0.29) is 11.7 Å². The maximum Gasteiger partial charge on any atom is 0.221 e. The molecule has 1 fully saturated rings. The number of rotatable bonds is 0. The van der Waals surface area contributed by atoms with Gasteiger partial charge in [0.05, 0.1) is 0 Å². The molecular formula is C9H16N2O2. The van der Waals surface area contributed by atoms with Crippen molar-refractivity contribution in [3.63, 3.8) is 0 Å². The van der Waals surface area contributed by atoms with Crippen molar-refractivity contribution >= 4 is 11.7 Å². The minimum Gasteiger partial charge on any atom is -0.356 e. The highest BCUT2D eigenvalue weighted by atomic mass is 16.1. The molecule has 74 valence electrons. The fourth-order valence-corrected chi connectivity index (χ4v) is 1.28. The predicted molar refractivity (Wildman–Crippen MR) is 49.4 cm³/mol. The number of carbonyl (C=O) groups excluding carboxylic acids is 2. The summed E-state index contributed by atoms with van der Waals surface area (Å²) in [5, 5.41) is 5.83. The van der Waals surface area contributed by atoms with Crippen molar-refractivity contribution in [2.45, 2.75) is 25.7 Å². The number of hydrogen-bond donors (Lipinski definition) is 2. The van der Waals surface area contributed by atoms with Crippen LogP contribution in [0.1, 0.15) is 25.7 Å². The summed E-state index contributed by atoms with van der Waals surface area (Å²) in [7, 11) is 0. The molecule has 1 rings (SSSR count). The molecule has 0 aromatic carbocycles. The summed E-state index contributed by atoms with van der Waals surface area (Å²) in [6, 6.07) is 0. The van der Waals surface area contributed by atoms with Crippen LogP contribution in [-0.4, -0.2) is 31.3 Å². The second-order valence-corrected chi connectivity index (χ2v) is 3.24. The molecule has 1 saturated heterocycles. The quantitative estimate of drug-likeness (QED) is 0.550. The van der Waals surface area contributed by atoms with Crippen molar-refractivity contribution in [1.29, 1.82) is 0 Å². The van der Waals surface area contributed by atoms with Gasteiger partial charge in [-0.25, -0.2) is 0 Å². The molecule has 4 heteroatoms. The van der Waals surface area contributed by atoms with Gasteiger partial charge in [0.1, 0.15) is 5.78 Å². The predicted octanol–water partition coefficient (Wildman–Crippen LogP) is -0.165. The van der Waals surface area contributed by atoms with Gasteiger partial charge in [0.25, 0.3) is 0 Å². The van der Waals surface area contributed by atoms with E-state index >= 15 is 0 Å². The molecule has 0 unspecified atom stereocenters. The van der Waals surface area contributed by atoms with Crippen LogP contribution in [0.2, 0.25) is 0 Å². The molecule has 0 aromatic heterocycles. The summed E-state index contributed by atoms with van der Waals surface area (Å²) in [5.74, 6) is 0.352. The van der Waals surface area contributed by atoms with Crippen molar-refractivity contribution in [3.8, 4) is 0 Å². The van der Waals surface area contributed by atoms with Crippen LogP contribution in [0.5, 0.6) is 0 Å². The zero-order chi connectivity index (χ0) is 9.52. The number of amides is 1. The Morgan fingerprint density at radius 3 is 2.54 bits per heavy atom. The van der Waals surface area contributed by atoms with E-state index in [4.69, 9.17) is 0 Å². The minimum atomic E-state index is 0.0712. The third-order valence-corrected chi connectivity index (χ3v) is 2.06. The van der Waals surface area contributed by atoms with Gasteiger partial charge in [0, 0.05) is 38.9 Å². The lowest BCUT2D eigenvalue weighted by molar-refractivity contribution is -0.121. The Hall–Kier alpha value is -0.900. The monoisotopic (exact) mass is 184 g/mol. The van der Waals surface area contributed by atoms with Crippen LogP contribution in [0.15, 0.2) is 0 Å². The van der Waals surface area contributed by atoms with Gasteiger partial charge in [0.15, 0.2) is 0 Å². The average molecular weight is 184 g/mol. The van der Waals surface area contributed by atoms with Crippen LogP contribution in [0.25, 0.3) is 0 Å². The van der Waals surface area contributed by atoms with Gasteiger partial charge in [-0.15, -0.1) is 0 Å². The van der Waals surface area contributed by atoms with Crippen LogP contribution in [0.4, 0.5) is 0 Å². The molecule has 0 aromatic rings. The Balaban J connectivity index is 2.30. The molecule has 2 N–H and O–H groups in total. The fourth-order valence-electron chi connectivity index (χ4n) is 1.28. The molecule has 0 radical (unpaired) electrons. The molecule has 0 saturated carbocycles. The Bertz CT molecular complexity index is 172. The third-order valence-electron chi connectivity index (χ3n) is 2.06. The van der Waals surface area contributed by atoms with E-state index in [1.54, 1.807) is 0 Å². The second kappa shape index (κ2) is 5.70. The van der Waals surface area contributed by atoms with Gasteiger partial charge in [-0.3, -0.25) is 9.59 Å². The lowest BCUT2D eigenvalue weighted by Gasteiger charge is -2.02. The first kappa shape index (κ1) is 10.2. The molecule has 0 spiro atoms. The second-order valence-electron chi connectivity index (χ2n) is 3.24. The first-order valence-corrected chi connectivity index (χ1v) is 4.78. The normalized spacial score (nSPS) is 21.8. The lowest BCUT2D eigenvalue weighted by atomic mass is 10.1. The van der Waals surface area contributed by atoms with Crippen LogP contribution < -0.4 is 10.6 Å². The zero-order valence-corrected chi connectivity index (χ0v) is 7.77. The van der Waals surface area contributed by atoms with E-state index in [0.29, 0.717) is 38.9 Å². The molecule has 0 bridgehead atoms. The smallest absolute Gasteiger partial charge is 0.221 e. The summed E-state index contributed by atoms with van der Waals surface area (Å²) < 4.78 is 0. The summed E-state index contributed by atoms with van der Waals surface area (Å²) in [6.45, 7) is 2.00. The van der Waals surface area contributed by atoms with Crippen LogP contribution >= 0.6 is 0 Å². The van der Waals surface area contributed by atoms with E-state index in [9.17, 15) is 9.59 Å². The van der Waals surface area contributed by atoms with Crippen molar-refractivity contribution in [2.24, 2.45) is 0 Å². The molecule has 0 atom stereocenters. The average Bonchev–Trinajstić information content (AvgIpc) is 2.14. The summed E-state index contributed by atoms with van der Waals surface area (Å²) in [4.78, 5) is 22.2.